The van der Waals surface area contributed by atoms with E-state index in [1.807, 2.05) is 0 Å². The van der Waals surface area contributed by atoms with Crippen LogP contribution in [0.4, 0.5) is 5.82 Å². The third kappa shape index (κ3) is 2.60. The number of halogens is 1. The van der Waals surface area contributed by atoms with E-state index in [2.05, 4.69) is 4.98 Å². The van der Waals surface area contributed by atoms with Gasteiger partial charge in [0, 0.05) is 19.8 Å². The molecule has 2 rings (SSSR count). The summed E-state index contributed by atoms with van der Waals surface area (Å²) in [5.41, 5.74) is 5.47. The van der Waals surface area contributed by atoms with E-state index in [0.29, 0.717) is 12.5 Å². The Morgan fingerprint density at radius 1 is 1.56 bits per heavy atom. The van der Waals surface area contributed by atoms with E-state index in [1.165, 1.54) is 23.0 Å². The molecule has 0 amide bonds. The first-order valence-electron chi connectivity index (χ1n) is 5.78. The Morgan fingerprint density at radius 3 is 2.72 bits per heavy atom. The van der Waals surface area contributed by atoms with Gasteiger partial charge in [0.1, 0.15) is 10.7 Å². The smallest absolute Gasteiger partial charge is 0.244 e. The minimum Gasteiger partial charge on any atom is -0.382 e. The average Bonchev–Trinajstić information content (AvgIpc) is 2.26. The fourth-order valence-electron chi connectivity index (χ4n) is 1.89. The predicted molar refractivity (Wildman–Crippen MR) is 70.8 cm³/mol. The molecular weight excluding hydrogens is 274 g/mol. The molecule has 0 spiro atoms. The molecule has 1 aliphatic rings. The molecule has 0 radical (unpaired) electrons. The van der Waals surface area contributed by atoms with Gasteiger partial charge in [0.25, 0.3) is 0 Å². The SMILES string of the molecule is CN(CC1CCC1)S(=O)(=O)c1cnc(N)c(Cl)c1. The molecule has 1 saturated carbocycles. The molecule has 0 atom stereocenters. The van der Waals surface area contributed by atoms with Crippen LogP contribution < -0.4 is 5.73 Å². The van der Waals surface area contributed by atoms with Gasteiger partial charge in [-0.15, -0.1) is 0 Å². The Hall–Kier alpha value is -0.850. The zero-order valence-electron chi connectivity index (χ0n) is 10.1. The molecule has 1 heterocycles. The maximum Gasteiger partial charge on any atom is 0.244 e. The highest BCUT2D eigenvalue weighted by Crippen LogP contribution is 2.29. The molecule has 0 aliphatic heterocycles. The second-order valence-corrected chi connectivity index (χ2v) is 7.07. The molecule has 0 bridgehead atoms. The van der Waals surface area contributed by atoms with Crippen LogP contribution in [0.15, 0.2) is 17.2 Å². The number of nitrogens with two attached hydrogens (primary N) is 1. The summed E-state index contributed by atoms with van der Waals surface area (Å²) in [6, 6.07) is 1.34. The Bertz CT molecular complexity index is 543. The van der Waals surface area contributed by atoms with Gasteiger partial charge in [0.2, 0.25) is 10.0 Å². The minimum atomic E-state index is -3.52. The van der Waals surface area contributed by atoms with Crippen LogP contribution in [0.1, 0.15) is 19.3 Å². The second-order valence-electron chi connectivity index (χ2n) is 4.62. The lowest BCUT2D eigenvalue weighted by molar-refractivity contribution is 0.263. The summed E-state index contributed by atoms with van der Waals surface area (Å²) in [7, 11) is -1.94. The Morgan fingerprint density at radius 2 is 2.22 bits per heavy atom. The lowest BCUT2D eigenvalue weighted by atomic mass is 9.86. The minimum absolute atomic E-state index is 0.0866. The van der Waals surface area contributed by atoms with Crippen molar-refractivity contribution in [3.05, 3.63) is 17.3 Å². The van der Waals surface area contributed by atoms with E-state index in [4.69, 9.17) is 17.3 Å². The number of rotatable bonds is 4. The molecule has 2 N–H and O–H groups in total. The van der Waals surface area contributed by atoms with Crippen molar-refractivity contribution in [3.8, 4) is 0 Å². The summed E-state index contributed by atoms with van der Waals surface area (Å²) in [4.78, 5) is 3.87. The van der Waals surface area contributed by atoms with Crippen molar-refractivity contribution in [2.24, 2.45) is 5.92 Å². The van der Waals surface area contributed by atoms with E-state index < -0.39 is 10.0 Å². The van der Waals surface area contributed by atoms with Crippen molar-refractivity contribution in [2.45, 2.75) is 24.2 Å². The van der Waals surface area contributed by atoms with Crippen LogP contribution in [0.2, 0.25) is 5.02 Å². The molecule has 100 valence electrons. The van der Waals surface area contributed by atoms with Crippen molar-refractivity contribution in [1.82, 2.24) is 9.29 Å². The summed E-state index contributed by atoms with van der Waals surface area (Å²) in [6.45, 7) is 0.546. The Balaban J connectivity index is 2.20. The number of pyridine rings is 1. The molecule has 0 aromatic carbocycles. The largest absolute Gasteiger partial charge is 0.382 e. The van der Waals surface area contributed by atoms with Crippen molar-refractivity contribution >= 4 is 27.4 Å². The van der Waals surface area contributed by atoms with Crippen LogP contribution in [0.3, 0.4) is 0 Å². The summed E-state index contributed by atoms with van der Waals surface area (Å²) < 4.78 is 25.9. The number of sulfonamides is 1. The highest BCUT2D eigenvalue weighted by Gasteiger charge is 2.27. The molecule has 5 nitrogen and oxygen atoms in total. The maximum atomic E-state index is 12.3. The van der Waals surface area contributed by atoms with Crippen molar-refractivity contribution in [2.75, 3.05) is 19.3 Å². The second kappa shape index (κ2) is 5.03. The fraction of sp³-hybridized carbons (Fsp3) is 0.545. The zero-order valence-corrected chi connectivity index (χ0v) is 11.7. The monoisotopic (exact) mass is 289 g/mol. The van der Waals surface area contributed by atoms with Crippen molar-refractivity contribution in [3.63, 3.8) is 0 Å². The highest BCUT2D eigenvalue weighted by molar-refractivity contribution is 7.89. The van der Waals surface area contributed by atoms with E-state index in [9.17, 15) is 8.42 Å². The van der Waals surface area contributed by atoms with Crippen LogP contribution in [0.25, 0.3) is 0 Å². The van der Waals surface area contributed by atoms with E-state index in [1.54, 1.807) is 7.05 Å². The molecule has 18 heavy (non-hydrogen) atoms. The number of nitrogens with zero attached hydrogens (tertiary/aromatic N) is 2. The van der Waals surface area contributed by atoms with Gasteiger partial charge in [-0.3, -0.25) is 0 Å². The van der Waals surface area contributed by atoms with Gasteiger partial charge in [0.15, 0.2) is 0 Å². The predicted octanol–water partition coefficient (Wildman–Crippen LogP) is 1.74. The number of aromatic nitrogens is 1. The van der Waals surface area contributed by atoms with Gasteiger partial charge in [-0.05, 0) is 24.8 Å². The quantitative estimate of drug-likeness (QED) is 0.916. The first-order valence-corrected chi connectivity index (χ1v) is 7.60. The van der Waals surface area contributed by atoms with Crippen molar-refractivity contribution in [1.29, 1.82) is 0 Å². The fourth-order valence-corrected chi connectivity index (χ4v) is 3.34. The number of anilines is 1. The highest BCUT2D eigenvalue weighted by atomic mass is 35.5. The molecule has 1 aromatic rings. The molecule has 7 heteroatoms. The van der Waals surface area contributed by atoms with Gasteiger partial charge in [-0.2, -0.15) is 0 Å². The molecule has 1 aromatic heterocycles. The van der Waals surface area contributed by atoms with Gasteiger partial charge in [-0.1, -0.05) is 18.0 Å². The Labute approximate surface area is 112 Å². The van der Waals surface area contributed by atoms with Gasteiger partial charge >= 0.3 is 0 Å². The molecule has 1 fully saturated rings. The molecular formula is C11H16ClN3O2S. The number of hydrogen-bond acceptors (Lipinski definition) is 4. The third-order valence-corrected chi connectivity index (χ3v) is 5.38. The lowest BCUT2D eigenvalue weighted by Crippen LogP contribution is -2.34. The zero-order chi connectivity index (χ0) is 13.3. The summed E-state index contributed by atoms with van der Waals surface area (Å²) in [6.07, 6.45) is 4.63. The van der Waals surface area contributed by atoms with Crippen LogP contribution in [-0.2, 0) is 10.0 Å². The van der Waals surface area contributed by atoms with Crippen molar-refractivity contribution < 1.29 is 8.42 Å². The normalized spacial score (nSPS) is 16.8. The van der Waals surface area contributed by atoms with Crippen LogP contribution in [0.5, 0.6) is 0 Å². The molecule has 0 saturated heterocycles. The first kappa shape index (κ1) is 13.6. The maximum absolute atomic E-state index is 12.3. The van der Waals surface area contributed by atoms with Crippen LogP contribution in [0, 0.1) is 5.92 Å². The first-order chi connectivity index (χ1) is 8.41. The van der Waals surface area contributed by atoms with E-state index in [0.717, 1.165) is 12.8 Å². The Kier molecular flexibility index (Phi) is 3.79. The van der Waals surface area contributed by atoms with Crippen LogP contribution >= 0.6 is 11.6 Å². The molecule has 0 unspecified atom stereocenters. The van der Waals surface area contributed by atoms with E-state index >= 15 is 0 Å². The third-order valence-electron chi connectivity index (χ3n) is 3.29. The van der Waals surface area contributed by atoms with E-state index in [-0.39, 0.29) is 15.7 Å². The summed E-state index contributed by atoms with van der Waals surface area (Å²) in [5.74, 6) is 0.610. The number of hydrogen-bond donors (Lipinski definition) is 1. The average molecular weight is 290 g/mol. The van der Waals surface area contributed by atoms with Gasteiger partial charge < -0.3 is 5.73 Å². The lowest BCUT2D eigenvalue weighted by Gasteiger charge is -2.29. The topological polar surface area (TPSA) is 76.3 Å². The van der Waals surface area contributed by atoms with Gasteiger partial charge in [-0.25, -0.2) is 17.7 Å². The number of nitrogen functional groups attached to an aromatic ring is 1. The summed E-state index contributed by atoms with van der Waals surface area (Å²) >= 11 is 5.80. The van der Waals surface area contributed by atoms with Crippen LogP contribution in [-0.4, -0.2) is 31.3 Å². The molecule has 1 aliphatic carbocycles. The van der Waals surface area contributed by atoms with Gasteiger partial charge in [0.05, 0.1) is 5.02 Å². The summed E-state index contributed by atoms with van der Waals surface area (Å²) in [5, 5.41) is 0.160. The standard InChI is InChI=1S/C11H16ClN3O2S/c1-15(7-8-3-2-4-8)18(16,17)9-5-10(12)11(13)14-6-9/h5-6,8H,2-4,7H2,1H3,(H2,13,14).